The summed E-state index contributed by atoms with van der Waals surface area (Å²) >= 11 is 1.48. The fraction of sp³-hybridized carbons (Fsp3) is 0.385. The van der Waals surface area contributed by atoms with Crippen molar-refractivity contribution in [3.05, 3.63) is 22.4 Å². The average Bonchev–Trinajstić information content (AvgIpc) is 2.92. The van der Waals surface area contributed by atoms with Crippen LogP contribution in [0.5, 0.6) is 0 Å². The summed E-state index contributed by atoms with van der Waals surface area (Å²) in [6, 6.07) is 3.37. The van der Waals surface area contributed by atoms with Crippen LogP contribution in [-0.4, -0.2) is 32.1 Å². The molecule has 0 radical (unpaired) electrons. The van der Waals surface area contributed by atoms with E-state index < -0.39 is 0 Å². The predicted molar refractivity (Wildman–Crippen MR) is 73.5 cm³/mol. The van der Waals surface area contributed by atoms with Crippen molar-refractivity contribution in [2.45, 2.75) is 12.5 Å². The van der Waals surface area contributed by atoms with Gasteiger partial charge in [-0.15, -0.1) is 17.8 Å². The average molecular weight is 280 g/mol. The molecular formula is C13H16N2O3S. The van der Waals surface area contributed by atoms with Crippen LogP contribution >= 0.6 is 11.3 Å². The number of amides is 1. The molecule has 1 aromatic rings. The monoisotopic (exact) mass is 280 g/mol. The molecule has 0 aliphatic heterocycles. The van der Waals surface area contributed by atoms with E-state index in [-0.39, 0.29) is 30.9 Å². The van der Waals surface area contributed by atoms with E-state index in [4.69, 9.17) is 6.42 Å². The third-order valence-corrected chi connectivity index (χ3v) is 3.32. The van der Waals surface area contributed by atoms with E-state index in [1.165, 1.54) is 18.4 Å². The molecule has 102 valence electrons. The Morgan fingerprint density at radius 2 is 2.37 bits per heavy atom. The summed E-state index contributed by atoms with van der Waals surface area (Å²) in [5.41, 5.74) is 0. The Hall–Kier alpha value is -1.84. The number of nitrogens with one attached hydrogen (secondary N) is 2. The number of esters is 1. The standard InChI is InChI=1S/C13H16N2O3S/c1-3-6-14-9-12(16)15-10(8-13(17)18-2)11-5-4-7-19-11/h1,4-5,7,10,14H,6,8-9H2,2H3,(H,15,16). The fourth-order valence-electron chi connectivity index (χ4n) is 1.46. The Labute approximate surface area is 116 Å². The lowest BCUT2D eigenvalue weighted by atomic mass is 10.1. The maximum Gasteiger partial charge on any atom is 0.307 e. The van der Waals surface area contributed by atoms with Crippen LogP contribution in [0.4, 0.5) is 0 Å². The minimum atomic E-state index is -0.368. The maximum atomic E-state index is 11.7. The Morgan fingerprint density at radius 1 is 1.58 bits per heavy atom. The van der Waals surface area contributed by atoms with Gasteiger partial charge in [-0.05, 0) is 11.4 Å². The highest BCUT2D eigenvalue weighted by atomic mass is 32.1. The molecule has 0 bridgehead atoms. The predicted octanol–water partition coefficient (Wildman–Crippen LogP) is 0.691. The largest absolute Gasteiger partial charge is 0.469 e. The molecule has 1 amide bonds. The maximum absolute atomic E-state index is 11.7. The van der Waals surface area contributed by atoms with Crippen LogP contribution in [0.2, 0.25) is 0 Å². The summed E-state index contributed by atoms with van der Waals surface area (Å²) in [4.78, 5) is 24.0. The van der Waals surface area contributed by atoms with Gasteiger partial charge in [0.15, 0.2) is 0 Å². The van der Waals surface area contributed by atoms with Gasteiger partial charge in [0, 0.05) is 4.88 Å². The first-order valence-corrected chi connectivity index (χ1v) is 6.59. The third-order valence-electron chi connectivity index (χ3n) is 2.33. The van der Waals surface area contributed by atoms with Gasteiger partial charge >= 0.3 is 5.97 Å². The van der Waals surface area contributed by atoms with Gasteiger partial charge in [0.2, 0.25) is 5.91 Å². The van der Waals surface area contributed by atoms with E-state index in [1.54, 1.807) is 0 Å². The normalized spacial score (nSPS) is 11.4. The van der Waals surface area contributed by atoms with Crippen molar-refractivity contribution in [1.82, 2.24) is 10.6 Å². The summed E-state index contributed by atoms with van der Waals surface area (Å²) in [6.45, 7) is 0.446. The SMILES string of the molecule is C#CCNCC(=O)NC(CC(=O)OC)c1cccs1. The second kappa shape index (κ2) is 8.29. The first-order valence-electron chi connectivity index (χ1n) is 5.71. The number of hydrogen-bond donors (Lipinski definition) is 2. The van der Waals surface area contributed by atoms with Crippen LogP contribution in [-0.2, 0) is 14.3 Å². The molecule has 1 rings (SSSR count). The molecule has 19 heavy (non-hydrogen) atoms. The second-order valence-corrected chi connectivity index (χ2v) is 4.70. The van der Waals surface area contributed by atoms with Gasteiger partial charge in [-0.25, -0.2) is 0 Å². The summed E-state index contributed by atoms with van der Waals surface area (Å²) in [6.07, 6.45) is 5.18. The number of thiophene rings is 1. The number of methoxy groups -OCH3 is 1. The molecule has 0 saturated heterocycles. The van der Waals surface area contributed by atoms with Crippen molar-refractivity contribution in [1.29, 1.82) is 0 Å². The minimum absolute atomic E-state index is 0.109. The van der Waals surface area contributed by atoms with Crippen LogP contribution in [0.3, 0.4) is 0 Å². The Balaban J connectivity index is 2.57. The van der Waals surface area contributed by atoms with Crippen molar-refractivity contribution < 1.29 is 14.3 Å². The molecule has 6 heteroatoms. The summed E-state index contributed by atoms with van der Waals surface area (Å²) in [7, 11) is 1.32. The van der Waals surface area contributed by atoms with Crippen molar-refractivity contribution in [3.63, 3.8) is 0 Å². The van der Waals surface area contributed by atoms with Gasteiger partial charge in [-0.2, -0.15) is 0 Å². The number of rotatable bonds is 7. The van der Waals surface area contributed by atoms with Gasteiger partial charge in [0.1, 0.15) is 0 Å². The quantitative estimate of drug-likeness (QED) is 0.438. The Kier molecular flexibility index (Phi) is 6.64. The van der Waals surface area contributed by atoms with Crippen LogP contribution in [0.15, 0.2) is 17.5 Å². The molecule has 5 nitrogen and oxygen atoms in total. The Morgan fingerprint density at radius 3 is 2.95 bits per heavy atom. The highest BCUT2D eigenvalue weighted by Crippen LogP contribution is 2.22. The second-order valence-electron chi connectivity index (χ2n) is 3.72. The molecule has 0 spiro atoms. The molecule has 1 unspecified atom stereocenters. The summed E-state index contributed by atoms with van der Waals surface area (Å²) < 4.78 is 4.63. The van der Waals surface area contributed by atoms with E-state index in [1.807, 2.05) is 17.5 Å². The number of carbonyl (C=O) groups excluding carboxylic acids is 2. The van der Waals surface area contributed by atoms with E-state index >= 15 is 0 Å². The topological polar surface area (TPSA) is 67.4 Å². The van der Waals surface area contributed by atoms with Crippen LogP contribution < -0.4 is 10.6 Å². The van der Waals surface area contributed by atoms with Crippen LogP contribution in [0.1, 0.15) is 17.3 Å². The molecule has 0 fully saturated rings. The molecule has 1 aromatic heterocycles. The minimum Gasteiger partial charge on any atom is -0.469 e. The smallest absolute Gasteiger partial charge is 0.307 e. The Bertz CT molecular complexity index is 451. The van der Waals surface area contributed by atoms with E-state index in [0.29, 0.717) is 6.54 Å². The zero-order valence-electron chi connectivity index (χ0n) is 10.6. The van der Waals surface area contributed by atoms with Crippen LogP contribution in [0.25, 0.3) is 0 Å². The summed E-state index contributed by atoms with van der Waals surface area (Å²) in [5.74, 6) is 1.81. The highest BCUT2D eigenvalue weighted by Gasteiger charge is 2.19. The lowest BCUT2D eigenvalue weighted by Crippen LogP contribution is -2.37. The van der Waals surface area contributed by atoms with E-state index in [2.05, 4.69) is 21.3 Å². The number of ether oxygens (including phenoxy) is 1. The fourth-order valence-corrected chi connectivity index (χ4v) is 2.23. The molecule has 0 saturated carbocycles. The molecule has 0 aromatic carbocycles. The summed E-state index contributed by atoms with van der Waals surface area (Å²) in [5, 5.41) is 7.47. The molecule has 1 heterocycles. The van der Waals surface area contributed by atoms with E-state index in [9.17, 15) is 9.59 Å². The molecule has 2 N–H and O–H groups in total. The van der Waals surface area contributed by atoms with Gasteiger partial charge < -0.3 is 10.1 Å². The van der Waals surface area contributed by atoms with Crippen molar-refractivity contribution >= 4 is 23.2 Å². The molecule has 0 aliphatic carbocycles. The van der Waals surface area contributed by atoms with Gasteiger partial charge in [0.05, 0.1) is 32.7 Å². The van der Waals surface area contributed by atoms with Crippen LogP contribution in [0, 0.1) is 12.3 Å². The third kappa shape index (κ3) is 5.55. The number of carbonyl (C=O) groups is 2. The van der Waals surface area contributed by atoms with E-state index in [0.717, 1.165) is 4.88 Å². The van der Waals surface area contributed by atoms with Crippen molar-refractivity contribution in [2.24, 2.45) is 0 Å². The van der Waals surface area contributed by atoms with Crippen molar-refractivity contribution in [2.75, 3.05) is 20.2 Å². The number of hydrogen-bond acceptors (Lipinski definition) is 5. The molecule has 1 atom stereocenters. The first-order chi connectivity index (χ1) is 9.17. The van der Waals surface area contributed by atoms with Gasteiger partial charge in [0.25, 0.3) is 0 Å². The zero-order chi connectivity index (χ0) is 14.1. The van der Waals surface area contributed by atoms with Crippen molar-refractivity contribution in [3.8, 4) is 12.3 Å². The number of terminal acetylenes is 1. The lowest BCUT2D eigenvalue weighted by Gasteiger charge is -2.16. The first kappa shape index (κ1) is 15.2. The lowest BCUT2D eigenvalue weighted by molar-refractivity contribution is -0.141. The molecule has 0 aliphatic rings. The van der Waals surface area contributed by atoms with Gasteiger partial charge in [-0.1, -0.05) is 12.0 Å². The zero-order valence-corrected chi connectivity index (χ0v) is 11.5. The van der Waals surface area contributed by atoms with Gasteiger partial charge in [-0.3, -0.25) is 14.9 Å². The molecular weight excluding hydrogens is 264 g/mol. The highest BCUT2D eigenvalue weighted by molar-refractivity contribution is 7.10.